The van der Waals surface area contributed by atoms with E-state index >= 15 is 0 Å². The van der Waals surface area contributed by atoms with Gasteiger partial charge in [-0.3, -0.25) is 14.4 Å². The standard InChI is InChI=1S/C76H128O6/c1-4-7-10-13-16-19-22-25-28-30-31-32-33-34-35-36-37-38-39-40-41-42-43-44-45-47-48-51-54-57-60-63-66-69-75(78)81-72-73(71-80-74(77)68-65-62-59-56-53-50-27-24-21-18-15-12-9-6-3)82-76(79)70-67-64-61-58-55-52-49-46-29-26-23-20-17-14-11-8-5-2/h7-8,10-11,16-17,19-20,25-26,28-29,31-32,34-35,37-38,40-41,73H,4-6,9,12-15,18,21-24,27,30,33,36,39,42-72H2,1-3H3/b10-7-,11-8-,19-16-,20-17-,28-25-,29-26-,32-31-,35-34-,38-37-,41-40-. The van der Waals surface area contributed by atoms with Crippen LogP contribution in [-0.2, 0) is 28.6 Å². The van der Waals surface area contributed by atoms with Crippen molar-refractivity contribution in [1.82, 2.24) is 0 Å². The van der Waals surface area contributed by atoms with Crippen LogP contribution in [0.5, 0.6) is 0 Å². The highest BCUT2D eigenvalue weighted by Crippen LogP contribution is 2.17. The molecule has 6 heteroatoms. The molecule has 0 bridgehead atoms. The molecule has 0 aliphatic heterocycles. The van der Waals surface area contributed by atoms with Crippen molar-refractivity contribution in [2.45, 2.75) is 329 Å². The average Bonchev–Trinajstić information content (AvgIpc) is 3.47. The molecule has 0 N–H and O–H groups in total. The van der Waals surface area contributed by atoms with E-state index in [0.29, 0.717) is 19.3 Å². The average molecular weight is 1140 g/mol. The molecule has 0 heterocycles. The Morgan fingerprint density at radius 1 is 0.256 bits per heavy atom. The highest BCUT2D eigenvalue weighted by atomic mass is 16.6. The predicted molar refractivity (Wildman–Crippen MR) is 357 cm³/mol. The lowest BCUT2D eigenvalue weighted by Crippen LogP contribution is -2.30. The van der Waals surface area contributed by atoms with E-state index in [-0.39, 0.29) is 31.1 Å². The molecule has 0 aromatic rings. The van der Waals surface area contributed by atoms with Crippen molar-refractivity contribution in [1.29, 1.82) is 0 Å². The predicted octanol–water partition coefficient (Wildman–Crippen LogP) is 23.9. The lowest BCUT2D eigenvalue weighted by atomic mass is 10.0. The molecule has 82 heavy (non-hydrogen) atoms. The smallest absolute Gasteiger partial charge is 0.306 e. The van der Waals surface area contributed by atoms with Gasteiger partial charge >= 0.3 is 17.9 Å². The molecule has 0 radical (unpaired) electrons. The number of esters is 3. The van der Waals surface area contributed by atoms with Crippen LogP contribution in [0.1, 0.15) is 323 Å². The van der Waals surface area contributed by atoms with Gasteiger partial charge in [0, 0.05) is 19.3 Å². The maximum absolute atomic E-state index is 12.9. The molecule has 6 nitrogen and oxygen atoms in total. The summed E-state index contributed by atoms with van der Waals surface area (Å²) in [5, 5.41) is 0. The van der Waals surface area contributed by atoms with Crippen molar-refractivity contribution in [2.75, 3.05) is 13.2 Å². The maximum Gasteiger partial charge on any atom is 0.306 e. The van der Waals surface area contributed by atoms with Gasteiger partial charge in [-0.1, -0.05) is 316 Å². The molecule has 0 saturated carbocycles. The van der Waals surface area contributed by atoms with Gasteiger partial charge in [-0.05, 0) is 109 Å². The number of hydrogen-bond acceptors (Lipinski definition) is 6. The second-order valence-electron chi connectivity index (χ2n) is 22.7. The zero-order chi connectivity index (χ0) is 59.2. The molecule has 1 atom stereocenters. The van der Waals surface area contributed by atoms with E-state index in [1.807, 2.05) is 0 Å². The Hall–Kier alpha value is -4.19. The Labute approximate surface area is 507 Å². The first-order valence-corrected chi connectivity index (χ1v) is 34.5. The van der Waals surface area contributed by atoms with Gasteiger partial charge in [0.05, 0.1) is 0 Å². The largest absolute Gasteiger partial charge is 0.462 e. The van der Waals surface area contributed by atoms with E-state index < -0.39 is 6.10 Å². The molecule has 0 spiro atoms. The van der Waals surface area contributed by atoms with Crippen LogP contribution in [0.25, 0.3) is 0 Å². The second kappa shape index (κ2) is 69.3. The summed E-state index contributed by atoms with van der Waals surface area (Å²) in [6.45, 7) is 6.43. The van der Waals surface area contributed by atoms with Gasteiger partial charge in [-0.25, -0.2) is 0 Å². The third-order valence-electron chi connectivity index (χ3n) is 14.7. The normalized spacial score (nSPS) is 12.9. The Balaban J connectivity index is 4.26. The fraction of sp³-hybridized carbons (Fsp3) is 0.697. The molecule has 0 amide bonds. The quantitative estimate of drug-likeness (QED) is 0.0261. The lowest BCUT2D eigenvalue weighted by Gasteiger charge is -2.18. The van der Waals surface area contributed by atoms with E-state index in [4.69, 9.17) is 14.2 Å². The Kier molecular flexibility index (Phi) is 65.8. The first-order valence-electron chi connectivity index (χ1n) is 34.5. The number of unbranched alkanes of at least 4 members (excludes halogenated alkanes) is 31. The number of rotatable bonds is 62. The minimum atomic E-state index is -0.786. The molecule has 0 aliphatic rings. The van der Waals surface area contributed by atoms with Crippen LogP contribution in [-0.4, -0.2) is 37.2 Å². The summed E-state index contributed by atoms with van der Waals surface area (Å²) in [7, 11) is 0. The summed E-state index contributed by atoms with van der Waals surface area (Å²) in [5.74, 6) is -0.883. The summed E-state index contributed by atoms with van der Waals surface area (Å²) in [4.78, 5) is 38.4. The Morgan fingerprint density at radius 3 is 0.744 bits per heavy atom. The highest BCUT2D eigenvalue weighted by molar-refractivity contribution is 5.71. The summed E-state index contributed by atoms with van der Waals surface area (Å²) in [5.41, 5.74) is 0. The van der Waals surface area contributed by atoms with Crippen LogP contribution in [0.15, 0.2) is 122 Å². The van der Waals surface area contributed by atoms with Gasteiger partial charge < -0.3 is 14.2 Å². The number of ether oxygens (including phenoxy) is 3. The highest BCUT2D eigenvalue weighted by Gasteiger charge is 2.19. The van der Waals surface area contributed by atoms with Gasteiger partial charge in [-0.15, -0.1) is 0 Å². The number of allylic oxidation sites excluding steroid dienone is 20. The topological polar surface area (TPSA) is 78.9 Å². The fourth-order valence-electron chi connectivity index (χ4n) is 9.62. The van der Waals surface area contributed by atoms with Crippen LogP contribution in [0.3, 0.4) is 0 Å². The van der Waals surface area contributed by atoms with E-state index in [0.717, 1.165) is 128 Å². The Bertz CT molecular complexity index is 1690. The van der Waals surface area contributed by atoms with Crippen molar-refractivity contribution in [3.8, 4) is 0 Å². The first-order chi connectivity index (χ1) is 40.5. The molecule has 0 aliphatic carbocycles. The molecule has 0 aromatic carbocycles. The van der Waals surface area contributed by atoms with E-state index in [1.165, 1.54) is 154 Å². The first kappa shape index (κ1) is 77.8. The van der Waals surface area contributed by atoms with Gasteiger partial charge in [0.25, 0.3) is 0 Å². The molecule has 0 rings (SSSR count). The van der Waals surface area contributed by atoms with Crippen LogP contribution < -0.4 is 0 Å². The fourth-order valence-corrected chi connectivity index (χ4v) is 9.62. The maximum atomic E-state index is 12.9. The van der Waals surface area contributed by atoms with Crippen molar-refractivity contribution >= 4 is 17.9 Å². The third kappa shape index (κ3) is 66.6. The van der Waals surface area contributed by atoms with Crippen LogP contribution >= 0.6 is 0 Å². The van der Waals surface area contributed by atoms with Gasteiger partial charge in [-0.2, -0.15) is 0 Å². The molecule has 1 unspecified atom stereocenters. The summed E-state index contributed by atoms with van der Waals surface area (Å²) in [6, 6.07) is 0. The van der Waals surface area contributed by atoms with E-state index in [1.54, 1.807) is 0 Å². The molecular weight excluding hydrogens is 1010 g/mol. The molecule has 0 aromatic heterocycles. The molecular formula is C76H128O6. The molecule has 0 saturated heterocycles. The van der Waals surface area contributed by atoms with Crippen molar-refractivity contribution in [2.24, 2.45) is 0 Å². The Morgan fingerprint density at radius 2 is 0.476 bits per heavy atom. The number of hydrogen-bond donors (Lipinski definition) is 0. The van der Waals surface area contributed by atoms with Crippen LogP contribution in [0, 0.1) is 0 Å². The summed E-state index contributed by atoms with van der Waals surface area (Å²) in [6.07, 6.45) is 96.4. The van der Waals surface area contributed by atoms with Crippen molar-refractivity contribution in [3.63, 3.8) is 0 Å². The van der Waals surface area contributed by atoms with Crippen molar-refractivity contribution in [3.05, 3.63) is 122 Å². The minimum Gasteiger partial charge on any atom is -0.462 e. The second-order valence-corrected chi connectivity index (χ2v) is 22.7. The van der Waals surface area contributed by atoms with Crippen LogP contribution in [0.4, 0.5) is 0 Å². The summed E-state index contributed by atoms with van der Waals surface area (Å²) >= 11 is 0. The van der Waals surface area contributed by atoms with Gasteiger partial charge in [0.2, 0.25) is 0 Å². The zero-order valence-electron chi connectivity index (χ0n) is 53.7. The monoisotopic (exact) mass is 1140 g/mol. The van der Waals surface area contributed by atoms with Gasteiger partial charge in [0.15, 0.2) is 6.10 Å². The third-order valence-corrected chi connectivity index (χ3v) is 14.7. The van der Waals surface area contributed by atoms with E-state index in [2.05, 4.69) is 142 Å². The van der Waals surface area contributed by atoms with Gasteiger partial charge in [0.1, 0.15) is 13.2 Å². The SMILES string of the molecule is CC/C=C\C/C=C\C/C=C\C/C=C\C/C=C\C/C=C\C/C=C\CCCCCCCCCCCCCC(=O)OCC(COC(=O)CCCCCCCCCCCCCCCC)OC(=O)CCCCCCCCC/C=C\C/C=C\C/C=C\CC. The van der Waals surface area contributed by atoms with Crippen LogP contribution in [0.2, 0.25) is 0 Å². The molecule has 0 fully saturated rings. The van der Waals surface area contributed by atoms with Crippen molar-refractivity contribution < 1.29 is 28.6 Å². The number of carbonyl (C=O) groups is 3. The molecule has 468 valence electrons. The zero-order valence-corrected chi connectivity index (χ0v) is 53.7. The lowest BCUT2D eigenvalue weighted by molar-refractivity contribution is -0.167. The summed E-state index contributed by atoms with van der Waals surface area (Å²) < 4.78 is 17.0. The minimum absolute atomic E-state index is 0.0807. The number of carbonyl (C=O) groups excluding carboxylic acids is 3. The van der Waals surface area contributed by atoms with E-state index in [9.17, 15) is 14.4 Å².